The highest BCUT2D eigenvalue weighted by Gasteiger charge is 2.23. The number of amides is 1. The Bertz CT molecular complexity index is 968. The van der Waals surface area contributed by atoms with Crippen LogP contribution < -0.4 is 5.32 Å². The molecule has 1 N–H and O–H groups in total. The van der Waals surface area contributed by atoms with Crippen LogP contribution >= 0.6 is 0 Å². The molecule has 3 aromatic rings. The molecule has 0 radical (unpaired) electrons. The van der Waals surface area contributed by atoms with Gasteiger partial charge in [0.15, 0.2) is 0 Å². The summed E-state index contributed by atoms with van der Waals surface area (Å²) in [5.74, 6) is -0.712. The summed E-state index contributed by atoms with van der Waals surface area (Å²) in [5.41, 5.74) is 0.506. The third-order valence-electron chi connectivity index (χ3n) is 3.81. The summed E-state index contributed by atoms with van der Waals surface area (Å²) in [5, 5.41) is 21.3. The van der Waals surface area contributed by atoms with Gasteiger partial charge in [-0.05, 0) is 24.1 Å². The van der Waals surface area contributed by atoms with Crippen molar-refractivity contribution in [2.45, 2.75) is 25.9 Å². The van der Waals surface area contributed by atoms with E-state index in [1.165, 1.54) is 34.0 Å². The molecule has 11 heteroatoms. The van der Waals surface area contributed by atoms with E-state index < -0.39 is 16.9 Å². The lowest BCUT2D eigenvalue weighted by atomic mass is 10.2. The van der Waals surface area contributed by atoms with Crippen LogP contribution in [0.1, 0.15) is 24.9 Å². The van der Waals surface area contributed by atoms with Gasteiger partial charge in [0.2, 0.25) is 5.95 Å². The van der Waals surface area contributed by atoms with Gasteiger partial charge in [-0.1, -0.05) is 19.1 Å². The fourth-order valence-electron chi connectivity index (χ4n) is 2.53. The number of rotatable bonds is 7. The number of hydrogen-bond donors (Lipinski definition) is 1. The molecular weight excluding hydrogens is 357 g/mol. The van der Waals surface area contributed by atoms with Crippen LogP contribution in [0.5, 0.6) is 0 Å². The Morgan fingerprint density at radius 1 is 1.44 bits per heavy atom. The standard InChI is InChI=1S/C16H16FN7O3/c1-2-14(23-9-13(7-19-23)24(26)27)15(25)20-16-18-10-22(21-16)8-11-4-3-5-12(17)6-11/h3-7,9-10,14H,2,8H2,1H3,(H,20,21,25). The summed E-state index contributed by atoms with van der Waals surface area (Å²) >= 11 is 0. The van der Waals surface area contributed by atoms with Crippen LogP contribution in [-0.2, 0) is 11.3 Å². The molecule has 0 bridgehead atoms. The smallest absolute Gasteiger partial charge is 0.291 e. The fraction of sp³-hybridized carbons (Fsp3) is 0.250. The maximum atomic E-state index is 13.2. The van der Waals surface area contributed by atoms with Gasteiger partial charge in [0.25, 0.3) is 5.91 Å². The molecule has 0 saturated carbocycles. The molecule has 1 aromatic carbocycles. The lowest BCUT2D eigenvalue weighted by Crippen LogP contribution is -2.26. The Morgan fingerprint density at radius 3 is 2.93 bits per heavy atom. The molecule has 1 atom stereocenters. The summed E-state index contributed by atoms with van der Waals surface area (Å²) in [6, 6.07) is 5.34. The average Bonchev–Trinajstić information content (AvgIpc) is 3.26. The number of carbonyl (C=O) groups excluding carboxylic acids is 1. The number of benzene rings is 1. The molecule has 0 fully saturated rings. The molecule has 0 spiro atoms. The molecule has 27 heavy (non-hydrogen) atoms. The van der Waals surface area contributed by atoms with E-state index >= 15 is 0 Å². The van der Waals surface area contributed by atoms with Gasteiger partial charge in [-0.3, -0.25) is 24.9 Å². The van der Waals surface area contributed by atoms with Gasteiger partial charge >= 0.3 is 5.69 Å². The van der Waals surface area contributed by atoms with E-state index in [4.69, 9.17) is 0 Å². The molecule has 1 amide bonds. The maximum Gasteiger partial charge on any atom is 0.307 e. The molecule has 10 nitrogen and oxygen atoms in total. The van der Waals surface area contributed by atoms with E-state index in [0.717, 1.165) is 6.20 Å². The van der Waals surface area contributed by atoms with Crippen molar-refractivity contribution in [2.75, 3.05) is 5.32 Å². The quantitative estimate of drug-likeness (QED) is 0.500. The highest BCUT2D eigenvalue weighted by Crippen LogP contribution is 2.17. The highest BCUT2D eigenvalue weighted by atomic mass is 19.1. The van der Waals surface area contributed by atoms with Crippen molar-refractivity contribution < 1.29 is 14.1 Å². The molecule has 140 valence electrons. The second-order valence-electron chi connectivity index (χ2n) is 5.74. The fourth-order valence-corrected chi connectivity index (χ4v) is 2.53. The predicted molar refractivity (Wildman–Crippen MR) is 92.4 cm³/mol. The minimum Gasteiger partial charge on any atom is -0.291 e. The molecule has 0 aliphatic heterocycles. The summed E-state index contributed by atoms with van der Waals surface area (Å²) in [4.78, 5) is 26.6. The van der Waals surface area contributed by atoms with Gasteiger partial charge in [-0.25, -0.2) is 14.1 Å². The molecule has 2 heterocycles. The second kappa shape index (κ2) is 7.72. The number of nitrogens with one attached hydrogen (secondary N) is 1. The number of anilines is 1. The topological polar surface area (TPSA) is 121 Å². The van der Waals surface area contributed by atoms with E-state index in [-0.39, 0.29) is 17.5 Å². The van der Waals surface area contributed by atoms with Crippen molar-refractivity contribution in [1.29, 1.82) is 0 Å². The Morgan fingerprint density at radius 2 is 2.26 bits per heavy atom. The van der Waals surface area contributed by atoms with E-state index in [1.54, 1.807) is 19.1 Å². The van der Waals surface area contributed by atoms with Crippen molar-refractivity contribution in [3.8, 4) is 0 Å². The zero-order valence-corrected chi connectivity index (χ0v) is 14.3. The minimum atomic E-state index is -0.742. The van der Waals surface area contributed by atoms with Crippen LogP contribution in [0.4, 0.5) is 16.0 Å². The monoisotopic (exact) mass is 373 g/mol. The number of aromatic nitrogens is 5. The van der Waals surface area contributed by atoms with Crippen molar-refractivity contribution in [3.63, 3.8) is 0 Å². The van der Waals surface area contributed by atoms with Crippen LogP contribution in [0.15, 0.2) is 43.0 Å². The molecule has 0 aliphatic carbocycles. The molecule has 0 aliphatic rings. The second-order valence-corrected chi connectivity index (χ2v) is 5.74. The van der Waals surface area contributed by atoms with Crippen LogP contribution in [0.25, 0.3) is 0 Å². The van der Waals surface area contributed by atoms with E-state index in [0.29, 0.717) is 18.5 Å². The number of nitrogens with zero attached hydrogens (tertiary/aromatic N) is 6. The number of hydrogen-bond acceptors (Lipinski definition) is 6. The normalized spacial score (nSPS) is 11.9. The van der Waals surface area contributed by atoms with Gasteiger partial charge in [0, 0.05) is 0 Å². The van der Waals surface area contributed by atoms with Crippen LogP contribution in [0.3, 0.4) is 0 Å². The van der Waals surface area contributed by atoms with Crippen LogP contribution in [0, 0.1) is 15.9 Å². The average molecular weight is 373 g/mol. The summed E-state index contributed by atoms with van der Waals surface area (Å²) in [6.45, 7) is 2.05. The first-order chi connectivity index (χ1) is 13.0. The zero-order chi connectivity index (χ0) is 19.4. The van der Waals surface area contributed by atoms with Gasteiger partial charge in [-0.2, -0.15) is 5.10 Å². The predicted octanol–water partition coefficient (Wildman–Crippen LogP) is 2.16. The Balaban J connectivity index is 1.67. The third-order valence-corrected chi connectivity index (χ3v) is 3.81. The molecule has 3 rings (SSSR count). The molecule has 0 saturated heterocycles. The first-order valence-corrected chi connectivity index (χ1v) is 8.09. The summed E-state index contributed by atoms with van der Waals surface area (Å²) < 4.78 is 15.9. The maximum absolute atomic E-state index is 13.2. The summed E-state index contributed by atoms with van der Waals surface area (Å²) in [7, 11) is 0. The van der Waals surface area contributed by atoms with Gasteiger partial charge < -0.3 is 0 Å². The Labute approximate surface area is 152 Å². The first-order valence-electron chi connectivity index (χ1n) is 8.09. The number of halogens is 1. The highest BCUT2D eigenvalue weighted by molar-refractivity contribution is 5.92. The largest absolute Gasteiger partial charge is 0.307 e. The molecular formula is C16H16FN7O3. The van der Waals surface area contributed by atoms with Crippen molar-refractivity contribution in [3.05, 3.63) is 64.5 Å². The van der Waals surface area contributed by atoms with E-state index in [1.807, 2.05) is 0 Å². The van der Waals surface area contributed by atoms with Crippen LogP contribution in [-0.4, -0.2) is 35.4 Å². The minimum absolute atomic E-state index is 0.0801. The van der Waals surface area contributed by atoms with Crippen LogP contribution in [0.2, 0.25) is 0 Å². The zero-order valence-electron chi connectivity index (χ0n) is 14.3. The molecule has 2 aromatic heterocycles. The van der Waals surface area contributed by atoms with Gasteiger partial charge in [-0.15, -0.1) is 5.10 Å². The van der Waals surface area contributed by atoms with Gasteiger partial charge in [0.05, 0.1) is 11.5 Å². The number of carbonyl (C=O) groups is 1. The third kappa shape index (κ3) is 4.32. The molecule has 1 unspecified atom stereocenters. The first kappa shape index (κ1) is 18.2. The van der Waals surface area contributed by atoms with Crippen molar-refractivity contribution in [1.82, 2.24) is 24.5 Å². The van der Waals surface area contributed by atoms with E-state index in [9.17, 15) is 19.3 Å². The van der Waals surface area contributed by atoms with Gasteiger partial charge in [0.1, 0.15) is 30.6 Å². The van der Waals surface area contributed by atoms with Crippen molar-refractivity contribution >= 4 is 17.5 Å². The lowest BCUT2D eigenvalue weighted by molar-refractivity contribution is -0.385. The Kier molecular flexibility index (Phi) is 5.20. The SMILES string of the molecule is CCC(C(=O)Nc1ncn(Cc2cccc(F)c2)n1)n1cc([N+](=O)[O-])cn1. The Hall–Kier alpha value is -3.63. The summed E-state index contributed by atoms with van der Waals surface area (Å²) in [6.07, 6.45) is 4.07. The number of nitro groups is 1. The van der Waals surface area contributed by atoms with E-state index in [2.05, 4.69) is 20.5 Å². The van der Waals surface area contributed by atoms with Crippen molar-refractivity contribution in [2.24, 2.45) is 0 Å². The lowest BCUT2D eigenvalue weighted by Gasteiger charge is -2.13.